The second kappa shape index (κ2) is 14.7. The molecule has 3 heterocycles. The van der Waals surface area contributed by atoms with Gasteiger partial charge in [-0.1, -0.05) is 54.1 Å². The third-order valence-corrected chi connectivity index (χ3v) is 9.49. The summed E-state index contributed by atoms with van der Waals surface area (Å²) in [5, 5.41) is 4.69. The van der Waals surface area contributed by atoms with E-state index in [2.05, 4.69) is 15.2 Å². The molecule has 2 atom stereocenters. The van der Waals surface area contributed by atoms with Gasteiger partial charge in [-0.25, -0.2) is 0 Å². The highest BCUT2D eigenvalue weighted by Gasteiger charge is 2.35. The molecule has 0 spiro atoms. The highest BCUT2D eigenvalue weighted by atomic mass is 35.5. The van der Waals surface area contributed by atoms with Crippen LogP contribution in [0.3, 0.4) is 0 Å². The minimum atomic E-state index is -0.819. The first-order valence-electron chi connectivity index (χ1n) is 16.3. The summed E-state index contributed by atoms with van der Waals surface area (Å²) in [6, 6.07) is 22.1. The zero-order valence-corrected chi connectivity index (χ0v) is 27.7. The number of ether oxygens (including phenoxy) is 1. The molecule has 2 N–H and O–H groups in total. The Kier molecular flexibility index (Phi) is 10.3. The number of hydrogen-bond donors (Lipinski definition) is 2. The second-order valence-electron chi connectivity index (χ2n) is 12.9. The van der Waals surface area contributed by atoms with Crippen LogP contribution in [-0.2, 0) is 27.2 Å². The van der Waals surface area contributed by atoms with E-state index in [-0.39, 0.29) is 36.4 Å². The van der Waals surface area contributed by atoms with Crippen LogP contribution in [-0.4, -0.2) is 91.5 Å². The number of fused-ring (bicyclic) bond motifs is 2. The molecule has 1 saturated heterocycles. The Morgan fingerprint density at radius 1 is 1.00 bits per heavy atom. The van der Waals surface area contributed by atoms with Gasteiger partial charge in [-0.2, -0.15) is 0 Å². The summed E-state index contributed by atoms with van der Waals surface area (Å²) in [7, 11) is 4.05. The molecule has 3 amide bonds. The number of likely N-dealkylation sites (tertiary alicyclic amines) is 1. The number of aromatic nitrogens is 1. The normalized spacial score (nSPS) is 17.5. The number of nitrogens with zero attached hydrogens (tertiary/aromatic N) is 3. The Morgan fingerprint density at radius 2 is 1.74 bits per heavy atom. The first-order chi connectivity index (χ1) is 22.8. The molecule has 2 aliphatic heterocycles. The Labute approximate surface area is 280 Å². The Hall–Kier alpha value is -4.18. The molecule has 3 aromatic carbocycles. The lowest BCUT2D eigenvalue weighted by molar-refractivity contribution is -0.132. The molecular weight excluding hydrogens is 614 g/mol. The number of hydrogen-bond acceptors (Lipinski definition) is 5. The van der Waals surface area contributed by atoms with Crippen LogP contribution >= 0.6 is 11.6 Å². The topological polar surface area (TPSA) is 98.0 Å². The predicted octanol–water partition coefficient (Wildman–Crippen LogP) is 4.94. The molecule has 4 aromatic rings. The zero-order chi connectivity index (χ0) is 32.9. The molecule has 0 saturated carbocycles. The van der Waals surface area contributed by atoms with Gasteiger partial charge >= 0.3 is 0 Å². The Bertz CT molecular complexity index is 1720. The number of nitrogens with one attached hydrogen (secondary N) is 2. The largest absolute Gasteiger partial charge is 0.368 e. The van der Waals surface area contributed by atoms with Gasteiger partial charge in [0, 0.05) is 66.0 Å². The van der Waals surface area contributed by atoms with Crippen molar-refractivity contribution < 1.29 is 19.1 Å². The van der Waals surface area contributed by atoms with Crippen molar-refractivity contribution in [2.24, 2.45) is 5.92 Å². The maximum atomic E-state index is 14.5. The smallest absolute Gasteiger partial charge is 0.253 e. The van der Waals surface area contributed by atoms with E-state index in [1.807, 2.05) is 98.0 Å². The van der Waals surface area contributed by atoms with Crippen LogP contribution in [0.15, 0.2) is 79.0 Å². The summed E-state index contributed by atoms with van der Waals surface area (Å²) in [5.74, 6) is -0.329. The van der Waals surface area contributed by atoms with E-state index >= 15 is 0 Å². The first-order valence-corrected chi connectivity index (χ1v) is 16.7. The van der Waals surface area contributed by atoms with Crippen LogP contribution in [0.25, 0.3) is 10.9 Å². The Morgan fingerprint density at radius 3 is 2.51 bits per heavy atom. The average molecular weight is 656 g/mol. The van der Waals surface area contributed by atoms with Crippen molar-refractivity contribution in [2.45, 2.75) is 37.8 Å². The fraction of sp³-hybridized carbons (Fsp3) is 0.378. The third kappa shape index (κ3) is 7.70. The number of amides is 3. The highest BCUT2D eigenvalue weighted by molar-refractivity contribution is 6.32. The van der Waals surface area contributed by atoms with Crippen molar-refractivity contribution in [1.82, 2.24) is 20.1 Å². The molecule has 0 unspecified atom stereocenters. The number of para-hydroxylation sites is 1. The van der Waals surface area contributed by atoms with Gasteiger partial charge < -0.3 is 29.7 Å². The van der Waals surface area contributed by atoms with Gasteiger partial charge in [0.2, 0.25) is 11.8 Å². The van der Waals surface area contributed by atoms with Crippen LogP contribution in [0.4, 0.5) is 5.69 Å². The second-order valence-corrected chi connectivity index (χ2v) is 13.3. The Balaban J connectivity index is 1.15. The molecule has 0 bridgehead atoms. The van der Waals surface area contributed by atoms with Crippen molar-refractivity contribution in [2.75, 3.05) is 51.8 Å². The maximum Gasteiger partial charge on any atom is 0.253 e. The van der Waals surface area contributed by atoms with E-state index in [1.165, 1.54) is 0 Å². The number of piperidine rings is 1. The molecular formula is C37H42ClN5O4. The summed E-state index contributed by atoms with van der Waals surface area (Å²) in [6.45, 7) is 2.29. The number of H-pyrrole nitrogens is 1. The SMILES string of the molecule is CN(C)C[C@H]1Cc2c(Cl)cccc2N(C(=O)[C@@H](Cc2c[nH]c3ccccc23)NC(=O)COC2CCN(C(=O)c3ccccc3)CC2)C1. The quantitative estimate of drug-likeness (QED) is 0.252. The van der Waals surface area contributed by atoms with Crippen molar-refractivity contribution in [1.29, 1.82) is 0 Å². The van der Waals surface area contributed by atoms with Gasteiger partial charge in [0.25, 0.3) is 5.91 Å². The molecule has 6 rings (SSSR count). The number of carbonyl (C=O) groups is 3. The number of carbonyl (C=O) groups excluding carboxylic acids is 3. The molecule has 246 valence electrons. The van der Waals surface area contributed by atoms with Crippen molar-refractivity contribution >= 4 is 45.9 Å². The minimum Gasteiger partial charge on any atom is -0.368 e. The summed E-state index contributed by atoms with van der Waals surface area (Å²) < 4.78 is 6.04. The van der Waals surface area contributed by atoms with Gasteiger partial charge in [0.1, 0.15) is 12.6 Å². The van der Waals surface area contributed by atoms with E-state index in [1.54, 1.807) is 4.90 Å². The highest BCUT2D eigenvalue weighted by Crippen LogP contribution is 2.35. The van der Waals surface area contributed by atoms with Gasteiger partial charge in [0.05, 0.1) is 6.10 Å². The number of rotatable bonds is 10. The molecule has 10 heteroatoms. The lowest BCUT2D eigenvalue weighted by Gasteiger charge is -2.38. The molecule has 47 heavy (non-hydrogen) atoms. The third-order valence-electron chi connectivity index (χ3n) is 9.14. The minimum absolute atomic E-state index is 0.00817. The summed E-state index contributed by atoms with van der Waals surface area (Å²) >= 11 is 6.67. The molecule has 9 nitrogen and oxygen atoms in total. The first kappa shape index (κ1) is 32.7. The monoisotopic (exact) mass is 655 g/mol. The van der Waals surface area contributed by atoms with E-state index in [9.17, 15) is 14.4 Å². The van der Waals surface area contributed by atoms with E-state index in [4.69, 9.17) is 16.3 Å². The number of benzene rings is 3. The molecule has 0 aliphatic carbocycles. The van der Waals surface area contributed by atoms with E-state index < -0.39 is 6.04 Å². The van der Waals surface area contributed by atoms with Crippen LogP contribution in [0.1, 0.15) is 34.3 Å². The van der Waals surface area contributed by atoms with Gasteiger partial charge in [0.15, 0.2) is 0 Å². The van der Waals surface area contributed by atoms with Crippen molar-refractivity contribution in [3.63, 3.8) is 0 Å². The fourth-order valence-corrected chi connectivity index (χ4v) is 7.13. The van der Waals surface area contributed by atoms with Crippen molar-refractivity contribution in [3.05, 3.63) is 101 Å². The number of halogens is 1. The van der Waals surface area contributed by atoms with E-state index in [0.717, 1.165) is 40.7 Å². The van der Waals surface area contributed by atoms with E-state index in [0.29, 0.717) is 49.5 Å². The van der Waals surface area contributed by atoms with Crippen LogP contribution < -0.4 is 10.2 Å². The number of aromatic amines is 1. The lowest BCUT2D eigenvalue weighted by Crippen LogP contribution is -2.54. The van der Waals surface area contributed by atoms with Crippen molar-refractivity contribution in [3.8, 4) is 0 Å². The fourth-order valence-electron chi connectivity index (χ4n) is 6.89. The van der Waals surface area contributed by atoms with Gasteiger partial charge in [-0.3, -0.25) is 14.4 Å². The standard InChI is InChI=1S/C37H42ClN5O4/c1-41(2)22-25-19-30-31(38)12-8-14-34(30)43(23-25)37(46)33(20-27-21-39-32-13-7-6-11-29(27)32)40-35(44)24-47-28-15-17-42(18-16-28)36(45)26-9-4-3-5-10-26/h3-14,21,25,28,33,39H,15-20,22-24H2,1-2H3,(H,40,44)/t25-,33-/m1/s1. The van der Waals surface area contributed by atoms with Gasteiger partial charge in [-0.15, -0.1) is 0 Å². The average Bonchev–Trinajstić information content (AvgIpc) is 3.49. The lowest BCUT2D eigenvalue weighted by atomic mass is 9.91. The molecule has 1 aromatic heterocycles. The van der Waals surface area contributed by atoms with Gasteiger partial charge in [-0.05, 0) is 80.7 Å². The summed E-state index contributed by atoms with van der Waals surface area (Å²) in [5.41, 5.74) is 4.34. The van der Waals surface area contributed by atoms with Crippen LogP contribution in [0.5, 0.6) is 0 Å². The molecule has 2 aliphatic rings. The number of anilines is 1. The predicted molar refractivity (Wildman–Crippen MR) is 185 cm³/mol. The van der Waals surface area contributed by atoms with Crippen LogP contribution in [0, 0.1) is 5.92 Å². The molecule has 1 fully saturated rings. The molecule has 0 radical (unpaired) electrons. The summed E-state index contributed by atoms with van der Waals surface area (Å²) in [4.78, 5) is 49.8. The maximum absolute atomic E-state index is 14.5. The summed E-state index contributed by atoms with van der Waals surface area (Å²) in [6.07, 6.45) is 4.14. The zero-order valence-electron chi connectivity index (χ0n) is 27.0. The van der Waals surface area contributed by atoms with Crippen LogP contribution in [0.2, 0.25) is 5.02 Å².